The van der Waals surface area contributed by atoms with Gasteiger partial charge in [0.1, 0.15) is 0 Å². The second-order valence-corrected chi connectivity index (χ2v) is 5.46. The molecule has 1 aliphatic rings. The van der Waals surface area contributed by atoms with Gasteiger partial charge in [0.05, 0.1) is 12.2 Å². The predicted molar refractivity (Wildman–Crippen MR) is 71.4 cm³/mol. The largest absolute Gasteiger partial charge is 0.368 e. The molecule has 0 aliphatic carbocycles. The number of benzene rings is 1. The minimum atomic E-state index is 0.0844. The summed E-state index contributed by atoms with van der Waals surface area (Å²) in [5.41, 5.74) is 1.09. The molecule has 1 fully saturated rings. The molecule has 3 heteroatoms. The molecule has 0 saturated carbocycles. The van der Waals surface area contributed by atoms with Crippen molar-refractivity contribution in [1.82, 2.24) is 5.32 Å². The normalized spacial score (nSPS) is 25.2. The lowest BCUT2D eigenvalue weighted by atomic mass is 10.0. The molecule has 2 rings (SSSR count). The van der Waals surface area contributed by atoms with Gasteiger partial charge in [0.25, 0.3) is 0 Å². The molecular weight excluding hydrogens is 234 g/mol. The van der Waals surface area contributed by atoms with Crippen molar-refractivity contribution in [3.8, 4) is 0 Å². The topological polar surface area (TPSA) is 21.3 Å². The van der Waals surface area contributed by atoms with Crippen molar-refractivity contribution in [2.75, 3.05) is 13.1 Å². The summed E-state index contributed by atoms with van der Waals surface area (Å²) in [7, 11) is 0. The van der Waals surface area contributed by atoms with E-state index in [-0.39, 0.29) is 6.10 Å². The Labute approximate surface area is 108 Å². The first-order valence-corrected chi connectivity index (χ1v) is 6.65. The standard InChI is InChI=1S/C14H20ClNO/c1-10(2)7-11-8-16-9-14(17-11)12-5-3-4-6-13(12)15/h3-6,10-11,14,16H,7-9H2,1-2H3. The number of nitrogens with one attached hydrogen (secondary N) is 1. The monoisotopic (exact) mass is 253 g/mol. The van der Waals surface area contributed by atoms with Crippen LogP contribution in [0.3, 0.4) is 0 Å². The van der Waals surface area contributed by atoms with Crippen molar-refractivity contribution in [1.29, 1.82) is 0 Å². The van der Waals surface area contributed by atoms with Crippen LogP contribution in [0.1, 0.15) is 31.9 Å². The Bertz CT molecular complexity index is 367. The van der Waals surface area contributed by atoms with Crippen LogP contribution in [0.5, 0.6) is 0 Å². The number of rotatable bonds is 3. The summed E-state index contributed by atoms with van der Waals surface area (Å²) in [4.78, 5) is 0. The lowest BCUT2D eigenvalue weighted by molar-refractivity contribution is -0.0473. The average Bonchev–Trinajstić information content (AvgIpc) is 2.29. The molecule has 0 spiro atoms. The Kier molecular flexibility index (Phi) is 4.43. The molecule has 0 radical (unpaired) electrons. The van der Waals surface area contributed by atoms with Gasteiger partial charge >= 0.3 is 0 Å². The van der Waals surface area contributed by atoms with E-state index < -0.39 is 0 Å². The fraction of sp³-hybridized carbons (Fsp3) is 0.571. The molecule has 1 heterocycles. The van der Waals surface area contributed by atoms with Crippen LogP contribution in [0.25, 0.3) is 0 Å². The zero-order chi connectivity index (χ0) is 12.3. The van der Waals surface area contributed by atoms with Crippen molar-refractivity contribution < 1.29 is 4.74 Å². The highest BCUT2D eigenvalue weighted by Gasteiger charge is 2.25. The van der Waals surface area contributed by atoms with Crippen LogP contribution in [0.15, 0.2) is 24.3 Å². The van der Waals surface area contributed by atoms with Gasteiger partial charge in [0.2, 0.25) is 0 Å². The Morgan fingerprint density at radius 1 is 1.35 bits per heavy atom. The summed E-state index contributed by atoms with van der Waals surface area (Å²) < 4.78 is 6.12. The fourth-order valence-corrected chi connectivity index (χ4v) is 2.55. The molecule has 1 aromatic rings. The van der Waals surface area contributed by atoms with Crippen molar-refractivity contribution in [3.63, 3.8) is 0 Å². The highest BCUT2D eigenvalue weighted by Crippen LogP contribution is 2.29. The predicted octanol–water partition coefficient (Wildman–Crippen LogP) is 3.42. The SMILES string of the molecule is CC(C)CC1CNCC(c2ccccc2Cl)O1. The maximum atomic E-state index is 6.20. The lowest BCUT2D eigenvalue weighted by Gasteiger charge is -2.32. The first-order chi connectivity index (χ1) is 8.16. The summed E-state index contributed by atoms with van der Waals surface area (Å²) in [6.45, 7) is 6.24. The third kappa shape index (κ3) is 3.44. The highest BCUT2D eigenvalue weighted by molar-refractivity contribution is 6.31. The zero-order valence-corrected chi connectivity index (χ0v) is 11.2. The number of hydrogen-bond donors (Lipinski definition) is 1. The first kappa shape index (κ1) is 12.9. The number of ether oxygens (including phenoxy) is 1. The van der Waals surface area contributed by atoms with Crippen molar-refractivity contribution in [2.24, 2.45) is 5.92 Å². The Morgan fingerprint density at radius 2 is 2.12 bits per heavy atom. The Morgan fingerprint density at radius 3 is 2.82 bits per heavy atom. The van der Waals surface area contributed by atoms with Gasteiger partial charge in [-0.2, -0.15) is 0 Å². The summed E-state index contributed by atoms with van der Waals surface area (Å²) in [5, 5.41) is 4.23. The van der Waals surface area contributed by atoms with E-state index in [1.54, 1.807) is 0 Å². The van der Waals surface area contributed by atoms with Crippen LogP contribution < -0.4 is 5.32 Å². The van der Waals surface area contributed by atoms with Gasteiger partial charge in [-0.15, -0.1) is 0 Å². The molecule has 17 heavy (non-hydrogen) atoms. The minimum Gasteiger partial charge on any atom is -0.368 e. The first-order valence-electron chi connectivity index (χ1n) is 6.27. The lowest BCUT2D eigenvalue weighted by Crippen LogP contribution is -2.41. The molecule has 2 unspecified atom stereocenters. The van der Waals surface area contributed by atoms with Crippen molar-refractivity contribution >= 4 is 11.6 Å². The second-order valence-electron chi connectivity index (χ2n) is 5.06. The molecule has 94 valence electrons. The van der Waals surface area contributed by atoms with Crippen LogP contribution in [0.4, 0.5) is 0 Å². The molecule has 0 aromatic heterocycles. The third-order valence-electron chi connectivity index (χ3n) is 3.04. The van der Waals surface area contributed by atoms with Crippen LogP contribution in [-0.4, -0.2) is 19.2 Å². The third-order valence-corrected chi connectivity index (χ3v) is 3.39. The van der Waals surface area contributed by atoms with Gasteiger partial charge in [-0.25, -0.2) is 0 Å². The summed E-state index contributed by atoms with van der Waals surface area (Å²) in [6.07, 6.45) is 1.47. The van der Waals surface area contributed by atoms with Crippen LogP contribution >= 0.6 is 11.6 Å². The van der Waals surface area contributed by atoms with E-state index in [4.69, 9.17) is 16.3 Å². The zero-order valence-electron chi connectivity index (χ0n) is 10.4. The smallest absolute Gasteiger partial charge is 0.0967 e. The van der Waals surface area contributed by atoms with E-state index in [0.717, 1.165) is 30.1 Å². The van der Waals surface area contributed by atoms with Crippen LogP contribution in [0.2, 0.25) is 5.02 Å². The summed E-state index contributed by atoms with van der Waals surface area (Å²) >= 11 is 6.20. The summed E-state index contributed by atoms with van der Waals surface area (Å²) in [6, 6.07) is 7.93. The molecule has 1 aliphatic heterocycles. The minimum absolute atomic E-state index is 0.0844. The maximum Gasteiger partial charge on any atom is 0.0967 e. The quantitative estimate of drug-likeness (QED) is 0.891. The number of hydrogen-bond acceptors (Lipinski definition) is 2. The van der Waals surface area contributed by atoms with Crippen molar-refractivity contribution in [2.45, 2.75) is 32.5 Å². The molecule has 2 nitrogen and oxygen atoms in total. The Balaban J connectivity index is 2.04. The van der Waals surface area contributed by atoms with Gasteiger partial charge in [0, 0.05) is 23.7 Å². The molecular formula is C14H20ClNO. The molecule has 1 aromatic carbocycles. The van der Waals surface area contributed by atoms with Crippen molar-refractivity contribution in [3.05, 3.63) is 34.9 Å². The highest BCUT2D eigenvalue weighted by atomic mass is 35.5. The van der Waals surface area contributed by atoms with E-state index in [0.29, 0.717) is 12.0 Å². The van der Waals surface area contributed by atoms with E-state index in [1.807, 2.05) is 24.3 Å². The van der Waals surface area contributed by atoms with E-state index in [2.05, 4.69) is 19.2 Å². The van der Waals surface area contributed by atoms with Crippen LogP contribution in [0, 0.1) is 5.92 Å². The average molecular weight is 254 g/mol. The Hall–Kier alpha value is -0.570. The maximum absolute atomic E-state index is 6.20. The van der Waals surface area contributed by atoms with Gasteiger partial charge in [-0.3, -0.25) is 0 Å². The van der Waals surface area contributed by atoms with Gasteiger partial charge < -0.3 is 10.1 Å². The van der Waals surface area contributed by atoms with Gasteiger partial charge in [-0.05, 0) is 18.4 Å². The summed E-state index contributed by atoms with van der Waals surface area (Å²) in [5.74, 6) is 0.659. The van der Waals surface area contributed by atoms with E-state index >= 15 is 0 Å². The molecule has 0 bridgehead atoms. The molecule has 1 N–H and O–H groups in total. The van der Waals surface area contributed by atoms with E-state index in [1.165, 1.54) is 0 Å². The molecule has 0 amide bonds. The number of halogens is 1. The van der Waals surface area contributed by atoms with Crippen LogP contribution in [-0.2, 0) is 4.74 Å². The molecule has 2 atom stereocenters. The number of morpholine rings is 1. The molecule has 1 saturated heterocycles. The van der Waals surface area contributed by atoms with Gasteiger partial charge in [0.15, 0.2) is 0 Å². The fourth-order valence-electron chi connectivity index (χ4n) is 2.29. The van der Waals surface area contributed by atoms with E-state index in [9.17, 15) is 0 Å². The van der Waals surface area contributed by atoms with Gasteiger partial charge in [-0.1, -0.05) is 43.6 Å². The second kappa shape index (κ2) is 5.85.